The number of nitrogen functional groups attached to an aromatic ring is 1. The third kappa shape index (κ3) is 4.19. The zero-order valence-corrected chi connectivity index (χ0v) is 27.6. The van der Waals surface area contributed by atoms with Gasteiger partial charge in [-0.3, -0.25) is 19.6 Å². The van der Waals surface area contributed by atoms with Gasteiger partial charge in [0.05, 0.1) is 53.6 Å². The smallest absolute Gasteiger partial charge is 0.358 e. The van der Waals surface area contributed by atoms with E-state index in [4.69, 9.17) is 24.7 Å². The molecule has 2 atom stereocenters. The number of carbonyl (C=O) groups excluding carboxylic acids is 4. The number of nitrogens with zero attached hydrogens (tertiary/aromatic N) is 4. The van der Waals surface area contributed by atoms with Crippen molar-refractivity contribution in [3.63, 3.8) is 0 Å². The Morgan fingerprint density at radius 1 is 0.694 bits per heavy atom. The van der Waals surface area contributed by atoms with Crippen LogP contribution in [0.15, 0.2) is 54.6 Å². The molecule has 13 nitrogen and oxygen atoms in total. The number of amides is 4. The predicted molar refractivity (Wildman–Crippen MR) is 175 cm³/mol. The molecule has 0 unspecified atom stereocenters. The van der Waals surface area contributed by atoms with Gasteiger partial charge in [0, 0.05) is 27.9 Å². The van der Waals surface area contributed by atoms with Gasteiger partial charge in [-0.05, 0) is 67.4 Å². The van der Waals surface area contributed by atoms with E-state index in [0.29, 0.717) is 45.0 Å². The first-order valence-electron chi connectivity index (χ1n) is 15.9. The molecule has 2 N–H and O–H groups in total. The number of rotatable bonds is 6. The Morgan fingerprint density at radius 2 is 1.18 bits per heavy atom. The first-order chi connectivity index (χ1) is 23.7. The van der Waals surface area contributed by atoms with Crippen LogP contribution < -0.4 is 15.2 Å². The molecule has 0 aliphatic carbocycles. The summed E-state index contributed by atoms with van der Waals surface area (Å²) in [7, 11) is 2.98. The lowest BCUT2D eigenvalue weighted by Gasteiger charge is -2.43. The number of benzene rings is 3. The molecule has 3 aromatic rings. The number of fused-ring (bicyclic) bond motifs is 2. The SMILES string of the molecule is CCOC(=O)[C@]12N3Cc4c(OC)ccc(OC)c4CN1C(=O)N1Cc4c(C#Cc5ccc(N)cc5)cccc4CN(C3=O)[C@]12C(=O)OCC. The largest absolute Gasteiger partial charge is 0.496 e. The van der Waals surface area contributed by atoms with Crippen molar-refractivity contribution in [1.29, 1.82) is 0 Å². The van der Waals surface area contributed by atoms with Crippen LogP contribution in [0.4, 0.5) is 15.3 Å². The highest BCUT2D eigenvalue weighted by Gasteiger charge is 2.87. The highest BCUT2D eigenvalue weighted by atomic mass is 16.6. The molecule has 13 heteroatoms. The first-order valence-corrected chi connectivity index (χ1v) is 15.9. The van der Waals surface area contributed by atoms with E-state index in [9.17, 15) is 14.4 Å². The molecule has 4 amide bonds. The third-order valence-corrected chi connectivity index (χ3v) is 9.68. The average Bonchev–Trinajstić information content (AvgIpc) is 3.26. The molecule has 7 rings (SSSR count). The van der Waals surface area contributed by atoms with Crippen LogP contribution in [-0.2, 0) is 45.2 Å². The molecular formula is C36H35N5O8. The number of carbonyl (C=O) groups is 4. The van der Waals surface area contributed by atoms with E-state index in [1.165, 1.54) is 33.8 Å². The van der Waals surface area contributed by atoms with Gasteiger partial charge in [-0.25, -0.2) is 19.2 Å². The Hall–Kier alpha value is -5.90. The first kappa shape index (κ1) is 31.7. The Labute approximate surface area is 283 Å². The molecule has 0 spiro atoms. The lowest BCUT2D eigenvalue weighted by atomic mass is 9.90. The maximum Gasteiger partial charge on any atom is 0.358 e. The van der Waals surface area contributed by atoms with Crippen LogP contribution in [0.2, 0.25) is 0 Å². The fourth-order valence-corrected chi connectivity index (χ4v) is 7.62. The molecule has 0 bridgehead atoms. The monoisotopic (exact) mass is 665 g/mol. The summed E-state index contributed by atoms with van der Waals surface area (Å²) in [5, 5.41) is 0. The highest BCUT2D eigenvalue weighted by Crippen LogP contribution is 2.58. The van der Waals surface area contributed by atoms with E-state index >= 15 is 4.79 Å². The minimum absolute atomic E-state index is 0.0727. The van der Waals surface area contributed by atoms with E-state index in [1.54, 1.807) is 56.3 Å². The topological polar surface area (TPSA) is 144 Å². The second-order valence-electron chi connectivity index (χ2n) is 11.9. The van der Waals surface area contributed by atoms with E-state index in [1.807, 2.05) is 12.1 Å². The molecule has 4 aliphatic heterocycles. The maximum absolute atomic E-state index is 15.0. The van der Waals surface area contributed by atoms with Crippen LogP contribution in [0.25, 0.3) is 0 Å². The summed E-state index contributed by atoms with van der Waals surface area (Å²) in [4.78, 5) is 64.4. The Kier molecular flexibility index (Phi) is 7.54. The van der Waals surface area contributed by atoms with Gasteiger partial charge in [0.2, 0.25) is 0 Å². The van der Waals surface area contributed by atoms with Crippen molar-refractivity contribution < 1.29 is 38.1 Å². The van der Waals surface area contributed by atoms with E-state index < -0.39 is 35.3 Å². The molecule has 4 aliphatic rings. The van der Waals surface area contributed by atoms with Crippen LogP contribution in [0.1, 0.15) is 47.2 Å². The Morgan fingerprint density at radius 3 is 1.67 bits per heavy atom. The zero-order chi connectivity index (χ0) is 34.7. The summed E-state index contributed by atoms with van der Waals surface area (Å²) < 4.78 is 22.8. The Bertz CT molecular complexity index is 1970. The van der Waals surface area contributed by atoms with Crippen molar-refractivity contribution in [1.82, 2.24) is 19.6 Å². The van der Waals surface area contributed by atoms with Crippen molar-refractivity contribution in [3.05, 3.63) is 88.0 Å². The average molecular weight is 666 g/mol. The van der Waals surface area contributed by atoms with Crippen LogP contribution in [0, 0.1) is 11.8 Å². The van der Waals surface area contributed by atoms with Gasteiger partial charge in [-0.15, -0.1) is 0 Å². The van der Waals surface area contributed by atoms with Crippen LogP contribution in [0.5, 0.6) is 11.5 Å². The van der Waals surface area contributed by atoms with Crippen molar-refractivity contribution >= 4 is 29.7 Å². The molecule has 0 saturated carbocycles. The number of urea groups is 2. The lowest BCUT2D eigenvalue weighted by Crippen LogP contribution is -2.75. The van der Waals surface area contributed by atoms with Crippen molar-refractivity contribution in [3.8, 4) is 23.3 Å². The van der Waals surface area contributed by atoms with Gasteiger partial charge in [-0.2, -0.15) is 0 Å². The number of hydrogen-bond donors (Lipinski definition) is 1. The summed E-state index contributed by atoms with van der Waals surface area (Å²) in [5.41, 5.74) is 5.58. The molecular weight excluding hydrogens is 630 g/mol. The summed E-state index contributed by atoms with van der Waals surface area (Å²) >= 11 is 0. The Balaban J connectivity index is 1.49. The predicted octanol–water partition coefficient (Wildman–Crippen LogP) is 3.41. The molecule has 252 valence electrons. The van der Waals surface area contributed by atoms with Crippen LogP contribution in [-0.4, -0.2) is 82.4 Å². The van der Waals surface area contributed by atoms with Gasteiger partial charge in [0.25, 0.3) is 11.3 Å². The fraction of sp³-hybridized carbons (Fsp3) is 0.333. The number of ether oxygens (including phenoxy) is 4. The number of nitrogens with two attached hydrogens (primary N) is 1. The molecule has 2 fully saturated rings. The standard InChI is InChI=1S/C36H35N5O8/c1-5-48-31(42)35-36(32(43)49-6-2)40-20-27-28(30(47-4)17-16-29(27)46-3)21-41(36)34(45)39(35)19-26-23(13-10-22-11-14-25(37)15-12-22)8-7-9-24(26)18-38(35)33(40)44/h7-9,11-12,14-17H,5-6,18-21,37H2,1-4H3/t35-,36+/m1/s1. The van der Waals surface area contributed by atoms with Gasteiger partial charge >= 0.3 is 24.0 Å². The van der Waals surface area contributed by atoms with Gasteiger partial charge in [0.15, 0.2) is 0 Å². The summed E-state index contributed by atoms with van der Waals surface area (Å²) in [6, 6.07) is 14.6. The number of anilines is 1. The second-order valence-corrected chi connectivity index (χ2v) is 11.9. The lowest BCUT2D eigenvalue weighted by molar-refractivity contribution is -0.191. The third-order valence-electron chi connectivity index (χ3n) is 9.68. The molecule has 0 radical (unpaired) electrons. The van der Waals surface area contributed by atoms with E-state index in [2.05, 4.69) is 11.8 Å². The van der Waals surface area contributed by atoms with Crippen LogP contribution >= 0.6 is 0 Å². The van der Waals surface area contributed by atoms with Crippen LogP contribution in [0.3, 0.4) is 0 Å². The summed E-state index contributed by atoms with van der Waals surface area (Å²) in [6.07, 6.45) is 0. The molecule has 49 heavy (non-hydrogen) atoms. The van der Waals surface area contributed by atoms with E-state index in [0.717, 1.165) is 5.56 Å². The quantitative estimate of drug-likeness (QED) is 0.238. The molecule has 2 saturated heterocycles. The summed E-state index contributed by atoms with van der Waals surface area (Å²) in [5.74, 6) is 5.34. The number of methoxy groups -OCH3 is 2. The van der Waals surface area contributed by atoms with Crippen molar-refractivity contribution in [2.75, 3.05) is 33.2 Å². The van der Waals surface area contributed by atoms with E-state index in [-0.39, 0.29) is 39.4 Å². The summed E-state index contributed by atoms with van der Waals surface area (Å²) in [6.45, 7) is 2.43. The molecule has 4 heterocycles. The van der Waals surface area contributed by atoms with Gasteiger partial charge < -0.3 is 24.7 Å². The number of hydrogen-bond acceptors (Lipinski definition) is 9. The van der Waals surface area contributed by atoms with Gasteiger partial charge in [-0.1, -0.05) is 24.0 Å². The normalized spacial score (nSPS) is 21.5. The number of esters is 2. The minimum Gasteiger partial charge on any atom is -0.496 e. The fourth-order valence-electron chi connectivity index (χ4n) is 7.62. The minimum atomic E-state index is -2.28. The zero-order valence-electron chi connectivity index (χ0n) is 27.6. The van der Waals surface area contributed by atoms with Gasteiger partial charge in [0.1, 0.15) is 11.5 Å². The van der Waals surface area contributed by atoms with Crippen molar-refractivity contribution in [2.45, 2.75) is 51.4 Å². The maximum atomic E-state index is 15.0. The second kappa shape index (κ2) is 11.7. The molecule has 0 aromatic heterocycles. The molecule has 3 aromatic carbocycles. The highest BCUT2D eigenvalue weighted by molar-refractivity contribution is 6.10. The van der Waals surface area contributed by atoms with Crippen molar-refractivity contribution in [2.24, 2.45) is 0 Å².